The number of aryl methyl sites for hydroxylation is 1. The molecule has 2 nitrogen and oxygen atoms in total. The molecule has 1 rings (SSSR count). The Morgan fingerprint density at radius 1 is 1.33 bits per heavy atom. The van der Waals surface area contributed by atoms with Crippen molar-refractivity contribution in [3.63, 3.8) is 0 Å². The lowest BCUT2D eigenvalue weighted by Crippen LogP contribution is -2.30. The number of nitrogens with one attached hydrogen (secondary N) is 1. The number of likely N-dealkylation sites (N-methyl/N-ethyl adjacent to an activating group) is 1. The minimum atomic E-state index is -0.0132. The molecule has 1 aromatic rings. The van der Waals surface area contributed by atoms with Gasteiger partial charge < -0.3 is 5.32 Å². The molecule has 1 unspecified atom stereocenters. The lowest BCUT2D eigenvalue weighted by Gasteiger charge is -2.08. The van der Waals surface area contributed by atoms with Gasteiger partial charge in [-0.15, -0.1) is 0 Å². The van der Waals surface area contributed by atoms with Crippen molar-refractivity contribution < 1.29 is 4.79 Å². The van der Waals surface area contributed by atoms with Crippen molar-refractivity contribution in [3.05, 3.63) is 35.9 Å². The average molecular weight is 205 g/mol. The molecule has 1 atom stereocenters. The van der Waals surface area contributed by atoms with Gasteiger partial charge in [0.25, 0.3) is 0 Å². The van der Waals surface area contributed by atoms with Crippen LogP contribution in [0.3, 0.4) is 0 Å². The number of ketones is 1. The first-order valence-corrected chi connectivity index (χ1v) is 5.48. The average Bonchev–Trinajstić information content (AvgIpc) is 2.29. The highest BCUT2D eigenvalue weighted by molar-refractivity contribution is 5.83. The molecule has 82 valence electrons. The van der Waals surface area contributed by atoms with E-state index in [1.165, 1.54) is 5.56 Å². The Labute approximate surface area is 91.7 Å². The Kier molecular flexibility index (Phi) is 5.05. The first kappa shape index (κ1) is 11.9. The molecule has 2 heteroatoms. The predicted molar refractivity (Wildman–Crippen MR) is 62.9 cm³/mol. The first-order chi connectivity index (χ1) is 7.24. The van der Waals surface area contributed by atoms with Gasteiger partial charge in [0.2, 0.25) is 0 Å². The standard InChI is InChI=1S/C13H19NO/c1-11(14-2)13(15)10-6-9-12-7-4-3-5-8-12/h3-5,7-8,11,14H,6,9-10H2,1-2H3. The van der Waals surface area contributed by atoms with Gasteiger partial charge in [-0.25, -0.2) is 0 Å². The van der Waals surface area contributed by atoms with E-state index in [4.69, 9.17) is 0 Å². The Bertz CT molecular complexity index is 295. The molecule has 0 fully saturated rings. The summed E-state index contributed by atoms with van der Waals surface area (Å²) in [7, 11) is 1.82. The van der Waals surface area contributed by atoms with E-state index >= 15 is 0 Å². The normalized spacial score (nSPS) is 12.4. The highest BCUT2D eigenvalue weighted by Crippen LogP contribution is 2.05. The lowest BCUT2D eigenvalue weighted by molar-refractivity contribution is -0.120. The van der Waals surface area contributed by atoms with E-state index in [1.54, 1.807) is 0 Å². The zero-order valence-corrected chi connectivity index (χ0v) is 9.49. The van der Waals surface area contributed by atoms with Crippen LogP contribution in [0.25, 0.3) is 0 Å². The number of carbonyl (C=O) groups excluding carboxylic acids is 1. The monoisotopic (exact) mass is 205 g/mol. The smallest absolute Gasteiger partial charge is 0.149 e. The van der Waals surface area contributed by atoms with Crippen molar-refractivity contribution in [2.45, 2.75) is 32.2 Å². The molecule has 0 heterocycles. The maximum Gasteiger partial charge on any atom is 0.149 e. The Morgan fingerprint density at radius 3 is 2.60 bits per heavy atom. The third kappa shape index (κ3) is 4.26. The number of carbonyl (C=O) groups is 1. The summed E-state index contributed by atoms with van der Waals surface area (Å²) in [6.45, 7) is 1.91. The summed E-state index contributed by atoms with van der Waals surface area (Å²) in [5.74, 6) is 0.299. The zero-order chi connectivity index (χ0) is 11.1. The predicted octanol–water partition coefficient (Wildman–Crippen LogP) is 2.19. The Morgan fingerprint density at radius 2 is 2.00 bits per heavy atom. The van der Waals surface area contributed by atoms with Gasteiger partial charge in [-0.05, 0) is 32.4 Å². The van der Waals surface area contributed by atoms with Crippen LogP contribution < -0.4 is 5.32 Å². The van der Waals surface area contributed by atoms with Crippen LogP contribution in [0.5, 0.6) is 0 Å². The van der Waals surface area contributed by atoms with Gasteiger partial charge in [0.05, 0.1) is 6.04 Å². The summed E-state index contributed by atoms with van der Waals surface area (Å²) < 4.78 is 0. The van der Waals surface area contributed by atoms with E-state index in [-0.39, 0.29) is 6.04 Å². The van der Waals surface area contributed by atoms with Gasteiger partial charge in [0.1, 0.15) is 5.78 Å². The maximum atomic E-state index is 11.5. The largest absolute Gasteiger partial charge is 0.311 e. The molecule has 0 aliphatic carbocycles. The van der Waals surface area contributed by atoms with E-state index in [9.17, 15) is 4.79 Å². The highest BCUT2D eigenvalue weighted by Gasteiger charge is 2.09. The summed E-state index contributed by atoms with van der Waals surface area (Å²) in [6.07, 6.45) is 2.59. The second-order valence-corrected chi connectivity index (χ2v) is 3.82. The van der Waals surface area contributed by atoms with Crippen LogP contribution >= 0.6 is 0 Å². The van der Waals surface area contributed by atoms with E-state index in [1.807, 2.05) is 32.2 Å². The summed E-state index contributed by atoms with van der Waals surface area (Å²) in [4.78, 5) is 11.5. The molecule has 15 heavy (non-hydrogen) atoms. The molecular formula is C13H19NO. The van der Waals surface area contributed by atoms with Crippen LogP contribution in [0.4, 0.5) is 0 Å². The van der Waals surface area contributed by atoms with Gasteiger partial charge in [-0.1, -0.05) is 30.3 Å². The van der Waals surface area contributed by atoms with E-state index in [0.717, 1.165) is 12.8 Å². The number of benzene rings is 1. The van der Waals surface area contributed by atoms with Crippen molar-refractivity contribution in [2.75, 3.05) is 7.05 Å². The van der Waals surface area contributed by atoms with Gasteiger partial charge in [0.15, 0.2) is 0 Å². The SMILES string of the molecule is CNC(C)C(=O)CCCc1ccccc1. The molecule has 1 aromatic carbocycles. The summed E-state index contributed by atoms with van der Waals surface area (Å²) in [6, 6.07) is 10.3. The van der Waals surface area contributed by atoms with E-state index < -0.39 is 0 Å². The molecular weight excluding hydrogens is 186 g/mol. The van der Waals surface area contributed by atoms with Crippen LogP contribution in [0, 0.1) is 0 Å². The number of hydrogen-bond acceptors (Lipinski definition) is 2. The molecule has 0 saturated carbocycles. The van der Waals surface area contributed by atoms with Crippen LogP contribution in [-0.4, -0.2) is 18.9 Å². The molecule has 0 saturated heterocycles. The fourth-order valence-corrected chi connectivity index (χ4v) is 1.49. The van der Waals surface area contributed by atoms with Gasteiger partial charge >= 0.3 is 0 Å². The quantitative estimate of drug-likeness (QED) is 0.771. The molecule has 0 spiro atoms. The van der Waals surface area contributed by atoms with Crippen molar-refractivity contribution in [2.24, 2.45) is 0 Å². The van der Waals surface area contributed by atoms with E-state index in [0.29, 0.717) is 12.2 Å². The van der Waals surface area contributed by atoms with Crippen molar-refractivity contribution in [1.82, 2.24) is 5.32 Å². The van der Waals surface area contributed by atoms with Crippen LogP contribution in [0.2, 0.25) is 0 Å². The first-order valence-electron chi connectivity index (χ1n) is 5.48. The Balaban J connectivity index is 2.25. The summed E-state index contributed by atoms with van der Waals surface area (Å²) >= 11 is 0. The molecule has 1 N–H and O–H groups in total. The third-order valence-electron chi connectivity index (χ3n) is 2.65. The summed E-state index contributed by atoms with van der Waals surface area (Å²) in [5, 5.41) is 2.96. The number of Topliss-reactive ketones (excluding diaryl/α,β-unsaturated/α-hetero) is 1. The van der Waals surface area contributed by atoms with Crippen molar-refractivity contribution in [1.29, 1.82) is 0 Å². The third-order valence-corrected chi connectivity index (χ3v) is 2.65. The lowest BCUT2D eigenvalue weighted by atomic mass is 10.0. The maximum absolute atomic E-state index is 11.5. The second kappa shape index (κ2) is 6.36. The van der Waals surface area contributed by atoms with E-state index in [2.05, 4.69) is 17.4 Å². The van der Waals surface area contributed by atoms with Crippen LogP contribution in [-0.2, 0) is 11.2 Å². The second-order valence-electron chi connectivity index (χ2n) is 3.82. The molecule has 0 aromatic heterocycles. The molecule has 0 aliphatic heterocycles. The summed E-state index contributed by atoms with van der Waals surface area (Å²) in [5.41, 5.74) is 1.31. The molecule has 0 aliphatic rings. The highest BCUT2D eigenvalue weighted by atomic mass is 16.1. The fraction of sp³-hybridized carbons (Fsp3) is 0.462. The van der Waals surface area contributed by atoms with Crippen molar-refractivity contribution >= 4 is 5.78 Å². The van der Waals surface area contributed by atoms with Crippen LogP contribution in [0.1, 0.15) is 25.3 Å². The molecule has 0 bridgehead atoms. The minimum absolute atomic E-state index is 0.0132. The van der Waals surface area contributed by atoms with Crippen LogP contribution in [0.15, 0.2) is 30.3 Å². The fourth-order valence-electron chi connectivity index (χ4n) is 1.49. The van der Waals surface area contributed by atoms with Crippen molar-refractivity contribution in [3.8, 4) is 0 Å². The van der Waals surface area contributed by atoms with Gasteiger partial charge in [-0.3, -0.25) is 4.79 Å². The number of rotatable bonds is 6. The van der Waals surface area contributed by atoms with Gasteiger partial charge in [0, 0.05) is 6.42 Å². The molecule has 0 radical (unpaired) electrons. The topological polar surface area (TPSA) is 29.1 Å². The zero-order valence-electron chi connectivity index (χ0n) is 9.49. The van der Waals surface area contributed by atoms with Gasteiger partial charge in [-0.2, -0.15) is 0 Å². The molecule has 0 amide bonds. The number of hydrogen-bond donors (Lipinski definition) is 1. The Hall–Kier alpha value is -1.15. The minimum Gasteiger partial charge on any atom is -0.311 e.